The van der Waals surface area contributed by atoms with E-state index in [1.807, 2.05) is 0 Å². The Kier molecular flexibility index (Phi) is 5.16. The average Bonchev–Trinajstić information content (AvgIpc) is 2.46. The molecule has 4 heteroatoms. The van der Waals surface area contributed by atoms with Crippen molar-refractivity contribution >= 4 is 5.82 Å². The van der Waals surface area contributed by atoms with Crippen LogP contribution in [0.4, 0.5) is 5.82 Å². The van der Waals surface area contributed by atoms with E-state index in [-0.39, 0.29) is 0 Å². The van der Waals surface area contributed by atoms with E-state index in [1.54, 1.807) is 0 Å². The quantitative estimate of drug-likeness (QED) is 0.883. The zero-order valence-corrected chi connectivity index (χ0v) is 12.3. The van der Waals surface area contributed by atoms with Crippen LogP contribution in [0, 0.1) is 6.92 Å². The maximum absolute atomic E-state index is 5.55. The fourth-order valence-corrected chi connectivity index (χ4v) is 2.48. The second-order valence-corrected chi connectivity index (χ2v) is 5.02. The molecule has 2 rings (SSSR count). The van der Waals surface area contributed by atoms with Crippen LogP contribution in [0.1, 0.15) is 31.5 Å². The van der Waals surface area contributed by atoms with E-state index in [1.165, 1.54) is 5.56 Å². The number of pyridine rings is 1. The zero-order chi connectivity index (χ0) is 13.7. The van der Waals surface area contributed by atoms with Crippen molar-refractivity contribution in [2.24, 2.45) is 0 Å². The van der Waals surface area contributed by atoms with Gasteiger partial charge in [-0.25, -0.2) is 4.98 Å². The number of aryl methyl sites for hydroxylation is 1. The molecule has 1 fully saturated rings. The number of hydrogen-bond acceptors (Lipinski definition) is 4. The van der Waals surface area contributed by atoms with E-state index in [2.05, 4.69) is 43.1 Å². The summed E-state index contributed by atoms with van der Waals surface area (Å²) in [5, 5.41) is 3.35. The van der Waals surface area contributed by atoms with Crippen LogP contribution >= 0.6 is 0 Å². The van der Waals surface area contributed by atoms with Crippen LogP contribution in [-0.2, 0) is 11.3 Å². The summed E-state index contributed by atoms with van der Waals surface area (Å²) in [6.07, 6.45) is 1.10. The number of rotatable bonds is 5. The first kappa shape index (κ1) is 14.3. The van der Waals surface area contributed by atoms with Gasteiger partial charge in [-0.1, -0.05) is 19.9 Å². The maximum atomic E-state index is 5.55. The molecule has 1 aliphatic rings. The van der Waals surface area contributed by atoms with Crippen LogP contribution in [0.5, 0.6) is 0 Å². The predicted molar refractivity (Wildman–Crippen MR) is 78.6 cm³/mol. The number of nitrogens with one attached hydrogen (secondary N) is 1. The molecule has 1 N–H and O–H groups in total. The number of aromatic nitrogens is 1. The standard InChI is InChI=1S/C15H25N3O/c1-4-14-11-19-9-8-18(14)15-7-6-13(10-16-5-2)12(3)17-15/h6-7,14,16H,4-5,8-11H2,1-3H3. The van der Waals surface area contributed by atoms with Gasteiger partial charge in [0.2, 0.25) is 0 Å². The topological polar surface area (TPSA) is 37.4 Å². The van der Waals surface area contributed by atoms with Crippen LogP contribution in [0.3, 0.4) is 0 Å². The van der Waals surface area contributed by atoms with E-state index >= 15 is 0 Å². The van der Waals surface area contributed by atoms with Crippen LogP contribution in [0.15, 0.2) is 12.1 Å². The van der Waals surface area contributed by atoms with Gasteiger partial charge in [0.1, 0.15) is 5.82 Å². The lowest BCUT2D eigenvalue weighted by atomic mass is 10.1. The predicted octanol–water partition coefficient (Wildman–Crippen LogP) is 2.11. The molecule has 0 radical (unpaired) electrons. The molecule has 1 unspecified atom stereocenters. The van der Waals surface area contributed by atoms with Gasteiger partial charge in [-0.2, -0.15) is 0 Å². The monoisotopic (exact) mass is 263 g/mol. The molecular formula is C15H25N3O. The third kappa shape index (κ3) is 3.45. The van der Waals surface area contributed by atoms with E-state index in [0.717, 1.165) is 50.8 Å². The van der Waals surface area contributed by atoms with Crippen LogP contribution in [-0.4, -0.2) is 37.3 Å². The Morgan fingerprint density at radius 3 is 2.95 bits per heavy atom. The third-order valence-electron chi connectivity index (χ3n) is 3.74. The Morgan fingerprint density at radius 1 is 1.42 bits per heavy atom. The van der Waals surface area contributed by atoms with E-state index in [4.69, 9.17) is 9.72 Å². The molecule has 0 amide bonds. The second kappa shape index (κ2) is 6.87. The number of nitrogens with zero attached hydrogens (tertiary/aromatic N) is 2. The van der Waals surface area contributed by atoms with Crippen molar-refractivity contribution in [3.05, 3.63) is 23.4 Å². The molecule has 0 bridgehead atoms. The summed E-state index contributed by atoms with van der Waals surface area (Å²) < 4.78 is 5.55. The highest BCUT2D eigenvalue weighted by Gasteiger charge is 2.22. The van der Waals surface area contributed by atoms with Gasteiger partial charge in [0.05, 0.1) is 19.3 Å². The minimum atomic E-state index is 0.459. The number of hydrogen-bond donors (Lipinski definition) is 1. The van der Waals surface area contributed by atoms with Crippen molar-refractivity contribution in [2.45, 2.75) is 39.8 Å². The lowest BCUT2D eigenvalue weighted by Gasteiger charge is -2.36. The SMILES string of the molecule is CCNCc1ccc(N2CCOCC2CC)nc1C. The normalized spacial score (nSPS) is 19.7. The molecule has 19 heavy (non-hydrogen) atoms. The molecule has 1 aromatic rings. The summed E-state index contributed by atoms with van der Waals surface area (Å²) in [7, 11) is 0. The number of morpholine rings is 1. The average molecular weight is 263 g/mol. The molecule has 1 aliphatic heterocycles. The first-order chi connectivity index (χ1) is 9.26. The van der Waals surface area contributed by atoms with Gasteiger partial charge in [0.25, 0.3) is 0 Å². The van der Waals surface area contributed by atoms with Crippen LogP contribution in [0.2, 0.25) is 0 Å². The molecule has 2 heterocycles. The fourth-order valence-electron chi connectivity index (χ4n) is 2.48. The van der Waals surface area contributed by atoms with Crippen molar-refractivity contribution < 1.29 is 4.74 Å². The highest BCUT2D eigenvalue weighted by Crippen LogP contribution is 2.21. The van der Waals surface area contributed by atoms with E-state index in [0.29, 0.717) is 6.04 Å². The highest BCUT2D eigenvalue weighted by molar-refractivity contribution is 5.43. The minimum absolute atomic E-state index is 0.459. The lowest BCUT2D eigenvalue weighted by molar-refractivity contribution is 0.0925. The smallest absolute Gasteiger partial charge is 0.129 e. The molecule has 106 valence electrons. The maximum Gasteiger partial charge on any atom is 0.129 e. The molecule has 1 saturated heterocycles. The van der Waals surface area contributed by atoms with Gasteiger partial charge >= 0.3 is 0 Å². The van der Waals surface area contributed by atoms with Crippen molar-refractivity contribution in [1.82, 2.24) is 10.3 Å². The Hall–Kier alpha value is -1.13. The summed E-state index contributed by atoms with van der Waals surface area (Å²) in [6, 6.07) is 4.80. The Labute approximate surface area is 116 Å². The molecular weight excluding hydrogens is 238 g/mol. The molecule has 0 saturated carbocycles. The third-order valence-corrected chi connectivity index (χ3v) is 3.74. The first-order valence-corrected chi connectivity index (χ1v) is 7.27. The number of ether oxygens (including phenoxy) is 1. The van der Waals surface area contributed by atoms with Crippen molar-refractivity contribution in [3.8, 4) is 0 Å². The van der Waals surface area contributed by atoms with Gasteiger partial charge in [-0.05, 0) is 31.5 Å². The van der Waals surface area contributed by atoms with Gasteiger partial charge in [-0.3, -0.25) is 0 Å². The summed E-state index contributed by atoms with van der Waals surface area (Å²) in [5.74, 6) is 1.09. The molecule has 0 spiro atoms. The minimum Gasteiger partial charge on any atom is -0.377 e. The van der Waals surface area contributed by atoms with Crippen LogP contribution in [0.25, 0.3) is 0 Å². The molecule has 1 aromatic heterocycles. The summed E-state index contributed by atoms with van der Waals surface area (Å²) >= 11 is 0. The second-order valence-electron chi connectivity index (χ2n) is 5.02. The fraction of sp³-hybridized carbons (Fsp3) is 0.667. The van der Waals surface area contributed by atoms with Crippen molar-refractivity contribution in [2.75, 3.05) is 31.2 Å². The summed E-state index contributed by atoms with van der Waals surface area (Å²) in [5.41, 5.74) is 2.41. The van der Waals surface area contributed by atoms with Gasteiger partial charge in [-0.15, -0.1) is 0 Å². The van der Waals surface area contributed by atoms with Gasteiger partial charge < -0.3 is 15.0 Å². The molecule has 0 aliphatic carbocycles. The Balaban J connectivity index is 2.13. The van der Waals surface area contributed by atoms with Crippen LogP contribution < -0.4 is 10.2 Å². The zero-order valence-electron chi connectivity index (χ0n) is 12.3. The van der Waals surface area contributed by atoms with Gasteiger partial charge in [0, 0.05) is 18.8 Å². The highest BCUT2D eigenvalue weighted by atomic mass is 16.5. The number of anilines is 1. The lowest BCUT2D eigenvalue weighted by Crippen LogP contribution is -2.45. The van der Waals surface area contributed by atoms with Gasteiger partial charge in [0.15, 0.2) is 0 Å². The Bertz CT molecular complexity index is 408. The molecule has 4 nitrogen and oxygen atoms in total. The Morgan fingerprint density at radius 2 is 2.26 bits per heavy atom. The van der Waals surface area contributed by atoms with Crippen molar-refractivity contribution in [1.29, 1.82) is 0 Å². The molecule has 1 atom stereocenters. The van der Waals surface area contributed by atoms with E-state index in [9.17, 15) is 0 Å². The summed E-state index contributed by atoms with van der Waals surface area (Å²) in [4.78, 5) is 7.16. The first-order valence-electron chi connectivity index (χ1n) is 7.27. The molecule has 0 aromatic carbocycles. The van der Waals surface area contributed by atoms with E-state index < -0.39 is 0 Å². The largest absolute Gasteiger partial charge is 0.377 e. The van der Waals surface area contributed by atoms with Crippen molar-refractivity contribution in [3.63, 3.8) is 0 Å². The summed E-state index contributed by atoms with van der Waals surface area (Å²) in [6.45, 7) is 10.9.